The van der Waals surface area contributed by atoms with Gasteiger partial charge in [0.25, 0.3) is 0 Å². The van der Waals surface area contributed by atoms with Gasteiger partial charge in [0.05, 0.1) is 5.54 Å². The number of carbonyl (C=O) groups excluding carboxylic acids is 1. The maximum Gasteiger partial charge on any atom is 0.129 e. The van der Waals surface area contributed by atoms with Gasteiger partial charge < -0.3 is 10.5 Å². The van der Waals surface area contributed by atoms with Crippen molar-refractivity contribution in [1.29, 1.82) is 0 Å². The van der Waals surface area contributed by atoms with Gasteiger partial charge in [0, 0.05) is 5.92 Å². The summed E-state index contributed by atoms with van der Waals surface area (Å²) in [6, 6.07) is 0. The van der Waals surface area contributed by atoms with Gasteiger partial charge in [-0.3, -0.25) is 0 Å². The molecule has 62 valence electrons. The van der Waals surface area contributed by atoms with Crippen LogP contribution in [0.2, 0.25) is 0 Å². The quantitative estimate of drug-likeness (QED) is 0.408. The second kappa shape index (κ2) is 3.13. The van der Waals surface area contributed by atoms with E-state index < -0.39 is 10.4 Å². The zero-order chi connectivity index (χ0) is 8.48. The van der Waals surface area contributed by atoms with E-state index in [1.165, 1.54) is 0 Å². The molecule has 0 aromatic rings. The number of alkyl halides is 2. The van der Waals surface area contributed by atoms with E-state index in [4.69, 9.17) is 28.9 Å². The van der Waals surface area contributed by atoms with Crippen molar-refractivity contribution in [2.24, 2.45) is 11.7 Å². The molecular weight excluding hydrogens is 185 g/mol. The highest BCUT2D eigenvalue weighted by molar-refractivity contribution is 6.45. The first kappa shape index (κ1) is 9.04. The zero-order valence-corrected chi connectivity index (χ0v) is 7.35. The van der Waals surface area contributed by atoms with E-state index in [-0.39, 0.29) is 5.92 Å². The van der Waals surface area contributed by atoms with Gasteiger partial charge in [-0.05, 0) is 6.42 Å². The number of hydrogen-bond donors (Lipinski definition) is 1. The molecule has 0 fully saturated rings. The van der Waals surface area contributed by atoms with Crippen LogP contribution in [-0.4, -0.2) is 16.7 Å². The van der Waals surface area contributed by atoms with Gasteiger partial charge in [0.2, 0.25) is 0 Å². The molecule has 2 unspecified atom stereocenters. The molecule has 0 aromatic carbocycles. The average Bonchev–Trinajstić information content (AvgIpc) is 2.33. The summed E-state index contributed by atoms with van der Waals surface area (Å²) in [6.45, 7) is 0. The monoisotopic (exact) mass is 193 g/mol. The highest BCUT2D eigenvalue weighted by Gasteiger charge is 2.36. The second-order valence-corrected chi connectivity index (χ2v) is 3.87. The molecule has 1 rings (SSSR count). The van der Waals surface area contributed by atoms with Gasteiger partial charge in [-0.15, -0.1) is 23.2 Å². The van der Waals surface area contributed by atoms with Crippen LogP contribution in [0.5, 0.6) is 0 Å². The van der Waals surface area contributed by atoms with Crippen molar-refractivity contribution in [3.8, 4) is 0 Å². The lowest BCUT2D eigenvalue weighted by atomic mass is 9.99. The molecule has 0 aromatic heterocycles. The first-order valence-electron chi connectivity index (χ1n) is 3.30. The predicted molar refractivity (Wildman–Crippen MR) is 45.7 cm³/mol. The minimum absolute atomic E-state index is 0.125. The van der Waals surface area contributed by atoms with Crippen molar-refractivity contribution in [3.05, 3.63) is 12.2 Å². The molecular formula is C7H9Cl2NO. The molecule has 0 aliphatic heterocycles. The SMILES string of the molecule is NC1(C(Cl)Cl)C=CC(C=O)C1. The maximum absolute atomic E-state index is 10.3. The average molecular weight is 194 g/mol. The Morgan fingerprint density at radius 2 is 2.36 bits per heavy atom. The molecule has 0 heterocycles. The summed E-state index contributed by atoms with van der Waals surface area (Å²) in [5.41, 5.74) is 5.04. The third-order valence-electron chi connectivity index (χ3n) is 1.82. The third kappa shape index (κ3) is 1.75. The largest absolute Gasteiger partial charge is 0.320 e. The lowest BCUT2D eigenvalue weighted by Gasteiger charge is -2.23. The number of aldehydes is 1. The summed E-state index contributed by atoms with van der Waals surface area (Å²) < 4.78 is 0. The van der Waals surface area contributed by atoms with Crippen LogP contribution in [0.1, 0.15) is 6.42 Å². The molecule has 4 heteroatoms. The summed E-state index contributed by atoms with van der Waals surface area (Å²) in [6.07, 6.45) is 4.80. The Hall–Kier alpha value is -0.0500. The van der Waals surface area contributed by atoms with Crippen LogP contribution < -0.4 is 5.73 Å². The minimum atomic E-state index is -0.714. The Labute approximate surface area is 75.3 Å². The smallest absolute Gasteiger partial charge is 0.129 e. The van der Waals surface area contributed by atoms with Gasteiger partial charge in [0.15, 0.2) is 0 Å². The molecule has 2 atom stereocenters. The third-order valence-corrected chi connectivity index (χ3v) is 2.64. The molecule has 0 saturated heterocycles. The van der Waals surface area contributed by atoms with Crippen molar-refractivity contribution >= 4 is 29.5 Å². The summed E-state index contributed by atoms with van der Waals surface area (Å²) in [5.74, 6) is -0.125. The van der Waals surface area contributed by atoms with E-state index in [9.17, 15) is 4.79 Å². The summed E-state index contributed by atoms with van der Waals surface area (Å²) >= 11 is 11.2. The Kier molecular flexibility index (Phi) is 2.58. The van der Waals surface area contributed by atoms with Crippen LogP contribution in [0.25, 0.3) is 0 Å². The highest BCUT2D eigenvalue weighted by atomic mass is 35.5. The first-order valence-corrected chi connectivity index (χ1v) is 4.17. The topological polar surface area (TPSA) is 43.1 Å². The summed E-state index contributed by atoms with van der Waals surface area (Å²) in [4.78, 5) is 9.68. The van der Waals surface area contributed by atoms with E-state index in [1.807, 2.05) is 0 Å². The van der Waals surface area contributed by atoms with Crippen molar-refractivity contribution in [2.75, 3.05) is 0 Å². The zero-order valence-electron chi connectivity index (χ0n) is 5.84. The normalized spacial score (nSPS) is 36.5. The second-order valence-electron chi connectivity index (χ2n) is 2.78. The van der Waals surface area contributed by atoms with Crippen molar-refractivity contribution < 1.29 is 4.79 Å². The number of hydrogen-bond acceptors (Lipinski definition) is 2. The van der Waals surface area contributed by atoms with Crippen LogP contribution in [0.3, 0.4) is 0 Å². The number of carbonyl (C=O) groups is 1. The van der Waals surface area contributed by atoms with E-state index in [2.05, 4.69) is 0 Å². The van der Waals surface area contributed by atoms with Crippen LogP contribution >= 0.6 is 23.2 Å². The molecule has 1 aliphatic carbocycles. The summed E-state index contributed by atoms with van der Waals surface area (Å²) in [5, 5.41) is 0. The molecule has 0 bridgehead atoms. The van der Waals surface area contributed by atoms with Crippen LogP contribution in [0, 0.1) is 5.92 Å². The van der Waals surface area contributed by atoms with E-state index in [0.29, 0.717) is 6.42 Å². The first-order chi connectivity index (χ1) is 5.08. The van der Waals surface area contributed by atoms with Gasteiger partial charge >= 0.3 is 0 Å². The standard InChI is InChI=1S/C7H9Cl2NO/c8-6(9)7(10)2-1-5(3-7)4-11/h1-2,4-6H,3,10H2. The molecule has 0 radical (unpaired) electrons. The van der Waals surface area contributed by atoms with Crippen molar-refractivity contribution in [2.45, 2.75) is 16.8 Å². The van der Waals surface area contributed by atoms with Gasteiger partial charge in [-0.2, -0.15) is 0 Å². The maximum atomic E-state index is 10.3. The number of halogens is 2. The number of rotatable bonds is 2. The lowest BCUT2D eigenvalue weighted by Crippen LogP contribution is -2.42. The molecule has 11 heavy (non-hydrogen) atoms. The summed E-state index contributed by atoms with van der Waals surface area (Å²) in [7, 11) is 0. The molecule has 0 amide bonds. The van der Waals surface area contributed by atoms with Crippen LogP contribution in [0.4, 0.5) is 0 Å². The molecule has 0 spiro atoms. The van der Waals surface area contributed by atoms with Gasteiger partial charge in [-0.25, -0.2) is 0 Å². The molecule has 2 nitrogen and oxygen atoms in total. The fourth-order valence-electron chi connectivity index (χ4n) is 1.10. The van der Waals surface area contributed by atoms with E-state index in [0.717, 1.165) is 6.29 Å². The number of nitrogens with two attached hydrogens (primary N) is 1. The minimum Gasteiger partial charge on any atom is -0.320 e. The number of allylic oxidation sites excluding steroid dienone is 1. The van der Waals surface area contributed by atoms with Gasteiger partial charge in [-0.1, -0.05) is 12.2 Å². The Morgan fingerprint density at radius 1 is 1.73 bits per heavy atom. The Morgan fingerprint density at radius 3 is 2.64 bits per heavy atom. The van der Waals surface area contributed by atoms with E-state index in [1.54, 1.807) is 12.2 Å². The fraction of sp³-hybridized carbons (Fsp3) is 0.571. The van der Waals surface area contributed by atoms with Crippen molar-refractivity contribution in [1.82, 2.24) is 0 Å². The molecule has 0 saturated carbocycles. The fourth-order valence-corrected chi connectivity index (χ4v) is 1.43. The molecule has 1 aliphatic rings. The molecule has 2 N–H and O–H groups in total. The van der Waals surface area contributed by atoms with Crippen LogP contribution in [0.15, 0.2) is 12.2 Å². The Balaban J connectivity index is 2.67. The van der Waals surface area contributed by atoms with Gasteiger partial charge in [0.1, 0.15) is 11.1 Å². The Bertz CT molecular complexity index is 193. The highest BCUT2D eigenvalue weighted by Crippen LogP contribution is 2.31. The predicted octanol–water partition coefficient (Wildman–Crippen LogP) is 1.26. The van der Waals surface area contributed by atoms with E-state index >= 15 is 0 Å². The van der Waals surface area contributed by atoms with Crippen LogP contribution in [-0.2, 0) is 4.79 Å². The van der Waals surface area contributed by atoms with Crippen molar-refractivity contribution in [3.63, 3.8) is 0 Å². The lowest BCUT2D eigenvalue weighted by molar-refractivity contribution is -0.110.